The third-order valence-electron chi connectivity index (χ3n) is 2.82. The molecule has 1 aromatic heterocycles. The lowest BCUT2D eigenvalue weighted by Crippen LogP contribution is -2.39. The second-order valence-electron chi connectivity index (χ2n) is 5.06. The average Bonchev–Trinajstić information content (AvgIpc) is 2.87. The van der Waals surface area contributed by atoms with Crippen molar-refractivity contribution in [3.63, 3.8) is 0 Å². The molecule has 0 radical (unpaired) electrons. The van der Waals surface area contributed by atoms with E-state index in [-0.39, 0.29) is 5.91 Å². The molecule has 1 aromatic carbocycles. The van der Waals surface area contributed by atoms with E-state index in [4.69, 9.17) is 11.6 Å². The van der Waals surface area contributed by atoms with E-state index in [2.05, 4.69) is 33.2 Å². The van der Waals surface area contributed by atoms with Crippen molar-refractivity contribution < 1.29 is 4.79 Å². The number of benzene rings is 1. The van der Waals surface area contributed by atoms with Gasteiger partial charge < -0.3 is 10.6 Å². The quantitative estimate of drug-likeness (QED) is 0.891. The Labute approximate surface area is 127 Å². The first-order chi connectivity index (χ1) is 9.49. The van der Waals surface area contributed by atoms with E-state index >= 15 is 0 Å². The maximum Gasteiger partial charge on any atom is 0.242 e. The van der Waals surface area contributed by atoms with Crippen molar-refractivity contribution in [3.05, 3.63) is 17.2 Å². The normalized spacial score (nSPS) is 12.7. The predicted octanol–water partition coefficient (Wildman–Crippen LogP) is 2.92. The molecule has 0 aliphatic carbocycles. The summed E-state index contributed by atoms with van der Waals surface area (Å²) in [4.78, 5) is 12.0. The van der Waals surface area contributed by atoms with E-state index in [1.54, 1.807) is 13.0 Å². The molecule has 0 bridgehead atoms. The van der Waals surface area contributed by atoms with Crippen molar-refractivity contribution in [1.82, 2.24) is 14.1 Å². The van der Waals surface area contributed by atoms with E-state index in [1.165, 1.54) is 0 Å². The molecule has 1 unspecified atom stereocenters. The van der Waals surface area contributed by atoms with Crippen LogP contribution in [0.1, 0.15) is 20.8 Å². The summed E-state index contributed by atoms with van der Waals surface area (Å²) in [6.45, 7) is 6.56. The minimum absolute atomic E-state index is 0.0602. The number of nitrogens with one attached hydrogen (secondary N) is 2. The SMILES string of the molecule is CC(C)CNC(=O)C(C)Nc1c(Cl)ccc2nsnc12. The number of amides is 1. The molecule has 2 aromatic rings. The van der Waals surface area contributed by atoms with Crippen LogP contribution < -0.4 is 10.6 Å². The number of fused-ring (bicyclic) bond motifs is 1. The minimum Gasteiger partial charge on any atom is -0.371 e. The van der Waals surface area contributed by atoms with Gasteiger partial charge in [0.2, 0.25) is 5.91 Å². The Kier molecular flexibility index (Phi) is 4.77. The number of halogens is 1. The van der Waals surface area contributed by atoms with Gasteiger partial charge in [-0.1, -0.05) is 25.4 Å². The fraction of sp³-hybridized carbons (Fsp3) is 0.462. The van der Waals surface area contributed by atoms with Crippen LogP contribution in [0.25, 0.3) is 11.0 Å². The van der Waals surface area contributed by atoms with Crippen LogP contribution in [0.3, 0.4) is 0 Å². The molecule has 0 aliphatic heterocycles. The van der Waals surface area contributed by atoms with Gasteiger partial charge in [0, 0.05) is 6.54 Å². The zero-order valence-electron chi connectivity index (χ0n) is 11.6. The lowest BCUT2D eigenvalue weighted by atomic mass is 10.2. The van der Waals surface area contributed by atoms with Gasteiger partial charge >= 0.3 is 0 Å². The van der Waals surface area contributed by atoms with Crippen LogP contribution >= 0.6 is 23.3 Å². The molecular formula is C13H17ClN4OS. The lowest BCUT2D eigenvalue weighted by Gasteiger charge is -2.17. The summed E-state index contributed by atoms with van der Waals surface area (Å²) in [7, 11) is 0. The van der Waals surface area contributed by atoms with Crippen molar-refractivity contribution in [3.8, 4) is 0 Å². The van der Waals surface area contributed by atoms with E-state index in [0.29, 0.717) is 28.7 Å². The van der Waals surface area contributed by atoms with Crippen molar-refractivity contribution in [2.75, 3.05) is 11.9 Å². The topological polar surface area (TPSA) is 66.9 Å². The Morgan fingerprint density at radius 1 is 1.35 bits per heavy atom. The Morgan fingerprint density at radius 3 is 2.80 bits per heavy atom. The summed E-state index contributed by atoms with van der Waals surface area (Å²) in [5.41, 5.74) is 2.13. The van der Waals surface area contributed by atoms with Gasteiger partial charge in [0.15, 0.2) is 0 Å². The molecule has 7 heteroatoms. The number of hydrogen-bond donors (Lipinski definition) is 2. The minimum atomic E-state index is -0.390. The van der Waals surface area contributed by atoms with Crippen LogP contribution in [0, 0.1) is 5.92 Å². The largest absolute Gasteiger partial charge is 0.371 e. The summed E-state index contributed by atoms with van der Waals surface area (Å²) in [6, 6.07) is 3.18. The third-order valence-corrected chi connectivity index (χ3v) is 3.67. The number of anilines is 1. The second-order valence-corrected chi connectivity index (χ2v) is 6.00. The molecule has 0 saturated heterocycles. The van der Waals surface area contributed by atoms with Gasteiger partial charge in [-0.3, -0.25) is 4.79 Å². The van der Waals surface area contributed by atoms with Crippen molar-refractivity contribution in [1.29, 1.82) is 0 Å². The molecule has 1 atom stereocenters. The number of carbonyl (C=O) groups is 1. The monoisotopic (exact) mass is 312 g/mol. The van der Waals surface area contributed by atoms with Crippen molar-refractivity contribution in [2.24, 2.45) is 5.92 Å². The highest BCUT2D eigenvalue weighted by molar-refractivity contribution is 7.00. The molecule has 108 valence electrons. The summed E-state index contributed by atoms with van der Waals surface area (Å²) < 4.78 is 8.38. The Balaban J connectivity index is 2.13. The highest BCUT2D eigenvalue weighted by Gasteiger charge is 2.17. The smallest absolute Gasteiger partial charge is 0.242 e. The molecule has 2 rings (SSSR count). The average molecular weight is 313 g/mol. The van der Waals surface area contributed by atoms with Crippen molar-refractivity contribution >= 4 is 46.0 Å². The third kappa shape index (κ3) is 3.37. The van der Waals surface area contributed by atoms with Gasteiger partial charge in [-0.2, -0.15) is 8.75 Å². The number of aromatic nitrogens is 2. The van der Waals surface area contributed by atoms with Gasteiger partial charge in [-0.15, -0.1) is 0 Å². The second kappa shape index (κ2) is 6.37. The molecule has 0 saturated carbocycles. The van der Waals surface area contributed by atoms with Crippen molar-refractivity contribution in [2.45, 2.75) is 26.8 Å². The van der Waals surface area contributed by atoms with Gasteiger partial charge in [0.1, 0.15) is 17.1 Å². The molecular weight excluding hydrogens is 296 g/mol. The maximum atomic E-state index is 12.0. The molecule has 0 fully saturated rings. The zero-order chi connectivity index (χ0) is 14.7. The first kappa shape index (κ1) is 15.0. The van der Waals surface area contributed by atoms with Crippen LogP contribution in [-0.4, -0.2) is 27.2 Å². The Hall–Kier alpha value is -1.40. The molecule has 20 heavy (non-hydrogen) atoms. The number of nitrogens with zero attached hydrogens (tertiary/aromatic N) is 2. The van der Waals surface area contributed by atoms with Gasteiger partial charge in [-0.25, -0.2) is 0 Å². The molecule has 1 heterocycles. The van der Waals surface area contributed by atoms with E-state index < -0.39 is 6.04 Å². The Morgan fingerprint density at radius 2 is 2.10 bits per heavy atom. The predicted molar refractivity (Wildman–Crippen MR) is 83.4 cm³/mol. The van der Waals surface area contributed by atoms with Crippen LogP contribution in [0.15, 0.2) is 12.1 Å². The van der Waals surface area contributed by atoms with Crippen LogP contribution in [-0.2, 0) is 4.79 Å². The molecule has 5 nitrogen and oxygen atoms in total. The summed E-state index contributed by atoms with van der Waals surface area (Å²) >= 11 is 7.31. The first-order valence-electron chi connectivity index (χ1n) is 6.44. The highest BCUT2D eigenvalue weighted by Crippen LogP contribution is 2.30. The Bertz CT molecular complexity index is 613. The van der Waals surface area contributed by atoms with Gasteiger partial charge in [0.25, 0.3) is 0 Å². The maximum absolute atomic E-state index is 12.0. The zero-order valence-corrected chi connectivity index (χ0v) is 13.2. The van der Waals surface area contributed by atoms with Crippen LogP contribution in [0.4, 0.5) is 5.69 Å². The fourth-order valence-corrected chi connectivity index (χ4v) is 2.45. The molecule has 0 aliphatic rings. The van der Waals surface area contributed by atoms with Crippen LogP contribution in [0.2, 0.25) is 5.02 Å². The lowest BCUT2D eigenvalue weighted by molar-refractivity contribution is -0.121. The number of hydrogen-bond acceptors (Lipinski definition) is 5. The summed E-state index contributed by atoms with van der Waals surface area (Å²) in [6.07, 6.45) is 0. The molecule has 0 spiro atoms. The fourth-order valence-electron chi connectivity index (χ4n) is 1.70. The molecule has 1 amide bonds. The van der Waals surface area contributed by atoms with E-state index in [9.17, 15) is 4.79 Å². The number of carbonyl (C=O) groups excluding carboxylic acids is 1. The van der Waals surface area contributed by atoms with E-state index in [0.717, 1.165) is 17.2 Å². The summed E-state index contributed by atoms with van der Waals surface area (Å²) in [5, 5.41) is 6.54. The summed E-state index contributed by atoms with van der Waals surface area (Å²) in [5.74, 6) is 0.357. The van der Waals surface area contributed by atoms with Gasteiger partial charge in [0.05, 0.1) is 22.4 Å². The highest BCUT2D eigenvalue weighted by atomic mass is 35.5. The van der Waals surface area contributed by atoms with E-state index in [1.807, 2.05) is 6.07 Å². The van der Waals surface area contributed by atoms with Gasteiger partial charge in [-0.05, 0) is 25.0 Å². The number of rotatable bonds is 5. The first-order valence-corrected chi connectivity index (χ1v) is 7.55. The van der Waals surface area contributed by atoms with Crippen LogP contribution in [0.5, 0.6) is 0 Å². The molecule has 2 N–H and O–H groups in total. The standard InChI is InChI=1S/C13H17ClN4OS/c1-7(2)6-15-13(19)8(3)16-11-9(14)4-5-10-12(11)18-20-17-10/h4-5,7-8,16H,6H2,1-3H3,(H,15,19).